The number of carbonyl (C=O) groups is 3. The second-order valence-corrected chi connectivity index (χ2v) is 6.11. The first-order valence-corrected chi connectivity index (χ1v) is 8.20. The van der Waals surface area contributed by atoms with E-state index in [4.69, 9.17) is 0 Å². The molecule has 0 unspecified atom stereocenters. The summed E-state index contributed by atoms with van der Waals surface area (Å²) in [7, 11) is 0. The van der Waals surface area contributed by atoms with Gasteiger partial charge in [0.25, 0.3) is 5.91 Å². The predicted octanol–water partition coefficient (Wildman–Crippen LogP) is 1.64. The number of halogens is 1. The number of carbonyl (C=O) groups excluding carboxylic acids is 3. The van der Waals surface area contributed by atoms with Gasteiger partial charge in [-0.2, -0.15) is 0 Å². The van der Waals surface area contributed by atoms with Crippen LogP contribution in [0.15, 0.2) is 54.6 Å². The van der Waals surface area contributed by atoms with E-state index in [0.29, 0.717) is 13.1 Å². The number of likely N-dealkylation sites (tertiary alicyclic amines) is 1. The van der Waals surface area contributed by atoms with Crippen LogP contribution >= 0.6 is 0 Å². The summed E-state index contributed by atoms with van der Waals surface area (Å²) in [4.78, 5) is 37.9. The molecule has 3 amide bonds. The Bertz CT molecular complexity index is 809. The molecule has 1 aliphatic heterocycles. The van der Waals surface area contributed by atoms with Crippen molar-refractivity contribution in [3.05, 3.63) is 71.5 Å². The standard InChI is InChI=1S/C19H18FN3O3/c20-16-8-6-14(7-9-16)18(25)21-22-19(26)15-10-17(24)23(12-15)11-13-4-2-1-3-5-13/h1-9,15H,10-12H2,(H,21,25)(H,22,26)/t15-/m0/s1. The Morgan fingerprint density at radius 3 is 2.42 bits per heavy atom. The number of benzene rings is 2. The summed E-state index contributed by atoms with van der Waals surface area (Å²) in [6, 6.07) is 14.5. The number of hydrazine groups is 1. The number of hydrogen-bond acceptors (Lipinski definition) is 3. The molecule has 1 atom stereocenters. The largest absolute Gasteiger partial charge is 0.338 e. The lowest BCUT2D eigenvalue weighted by Crippen LogP contribution is -2.45. The molecule has 134 valence electrons. The molecule has 2 N–H and O–H groups in total. The van der Waals surface area contributed by atoms with Gasteiger partial charge in [0.05, 0.1) is 5.92 Å². The molecule has 26 heavy (non-hydrogen) atoms. The van der Waals surface area contributed by atoms with Gasteiger partial charge in [-0.3, -0.25) is 25.2 Å². The maximum Gasteiger partial charge on any atom is 0.269 e. The fourth-order valence-corrected chi connectivity index (χ4v) is 2.80. The highest BCUT2D eigenvalue weighted by atomic mass is 19.1. The zero-order valence-corrected chi connectivity index (χ0v) is 13.9. The summed E-state index contributed by atoms with van der Waals surface area (Å²) in [5.74, 6) is -2.06. The van der Waals surface area contributed by atoms with E-state index in [0.717, 1.165) is 17.7 Å². The third kappa shape index (κ3) is 4.24. The zero-order valence-electron chi connectivity index (χ0n) is 13.9. The maximum atomic E-state index is 12.9. The molecule has 1 saturated heterocycles. The van der Waals surface area contributed by atoms with E-state index in [2.05, 4.69) is 10.9 Å². The van der Waals surface area contributed by atoms with E-state index >= 15 is 0 Å². The van der Waals surface area contributed by atoms with Crippen molar-refractivity contribution in [1.29, 1.82) is 0 Å². The summed E-state index contributed by atoms with van der Waals surface area (Å²) < 4.78 is 12.9. The molecule has 0 saturated carbocycles. The number of rotatable bonds is 4. The monoisotopic (exact) mass is 355 g/mol. The van der Waals surface area contributed by atoms with Gasteiger partial charge in [-0.25, -0.2) is 4.39 Å². The van der Waals surface area contributed by atoms with Crippen LogP contribution in [0.1, 0.15) is 22.3 Å². The van der Waals surface area contributed by atoms with Crippen molar-refractivity contribution in [2.45, 2.75) is 13.0 Å². The van der Waals surface area contributed by atoms with Gasteiger partial charge in [0.15, 0.2) is 0 Å². The van der Waals surface area contributed by atoms with Gasteiger partial charge in [-0.1, -0.05) is 30.3 Å². The first-order chi connectivity index (χ1) is 12.5. The van der Waals surface area contributed by atoms with Gasteiger partial charge in [0.1, 0.15) is 5.82 Å². The van der Waals surface area contributed by atoms with Gasteiger partial charge < -0.3 is 4.90 Å². The minimum atomic E-state index is -0.552. The van der Waals surface area contributed by atoms with Crippen LogP contribution in [-0.4, -0.2) is 29.2 Å². The topological polar surface area (TPSA) is 78.5 Å². The van der Waals surface area contributed by atoms with E-state index in [-0.39, 0.29) is 17.9 Å². The molecule has 0 radical (unpaired) electrons. The highest BCUT2D eigenvalue weighted by Gasteiger charge is 2.34. The summed E-state index contributed by atoms with van der Waals surface area (Å²) in [5.41, 5.74) is 5.83. The Kier molecular flexibility index (Phi) is 5.26. The fourth-order valence-electron chi connectivity index (χ4n) is 2.80. The Labute approximate surface area is 150 Å². The summed E-state index contributed by atoms with van der Waals surface area (Å²) >= 11 is 0. The first kappa shape index (κ1) is 17.6. The minimum absolute atomic E-state index is 0.0983. The summed E-state index contributed by atoms with van der Waals surface area (Å²) in [6.07, 6.45) is 0.102. The van der Waals surface area contributed by atoms with Crippen LogP contribution in [0.3, 0.4) is 0 Å². The smallest absolute Gasteiger partial charge is 0.269 e. The lowest BCUT2D eigenvalue weighted by molar-refractivity contribution is -0.129. The Morgan fingerprint density at radius 1 is 1.04 bits per heavy atom. The Morgan fingerprint density at radius 2 is 1.73 bits per heavy atom. The van der Waals surface area contributed by atoms with E-state index in [9.17, 15) is 18.8 Å². The average Bonchev–Trinajstić information content (AvgIpc) is 3.01. The second kappa shape index (κ2) is 7.77. The normalized spacial score (nSPS) is 16.4. The highest BCUT2D eigenvalue weighted by molar-refractivity contribution is 5.96. The van der Waals surface area contributed by atoms with Crippen LogP contribution in [0.4, 0.5) is 4.39 Å². The number of amides is 3. The molecule has 1 heterocycles. The first-order valence-electron chi connectivity index (χ1n) is 8.20. The van der Waals surface area contributed by atoms with Crippen molar-refractivity contribution in [2.75, 3.05) is 6.54 Å². The molecule has 2 aromatic carbocycles. The molecular weight excluding hydrogens is 337 g/mol. The van der Waals surface area contributed by atoms with Crippen LogP contribution in [0.2, 0.25) is 0 Å². The third-order valence-electron chi connectivity index (χ3n) is 4.21. The number of nitrogens with one attached hydrogen (secondary N) is 2. The zero-order chi connectivity index (χ0) is 18.5. The summed E-state index contributed by atoms with van der Waals surface area (Å²) in [5, 5.41) is 0. The van der Waals surface area contributed by atoms with Crippen molar-refractivity contribution < 1.29 is 18.8 Å². The lowest BCUT2D eigenvalue weighted by atomic mass is 10.1. The molecule has 1 aliphatic rings. The van der Waals surface area contributed by atoms with E-state index in [1.807, 2.05) is 30.3 Å². The lowest BCUT2D eigenvalue weighted by Gasteiger charge is -2.16. The van der Waals surface area contributed by atoms with Crippen LogP contribution in [0.25, 0.3) is 0 Å². The van der Waals surface area contributed by atoms with Gasteiger partial charge >= 0.3 is 0 Å². The second-order valence-electron chi connectivity index (χ2n) is 6.11. The van der Waals surface area contributed by atoms with E-state index in [1.54, 1.807) is 4.90 Å². The minimum Gasteiger partial charge on any atom is -0.338 e. The molecule has 1 fully saturated rings. The average molecular weight is 355 g/mol. The molecule has 6 nitrogen and oxygen atoms in total. The molecule has 3 rings (SSSR count). The van der Waals surface area contributed by atoms with Gasteiger partial charge in [0, 0.05) is 25.1 Å². The quantitative estimate of drug-likeness (QED) is 0.819. The van der Waals surface area contributed by atoms with Gasteiger partial charge in [-0.15, -0.1) is 0 Å². The van der Waals surface area contributed by atoms with Crippen molar-refractivity contribution in [1.82, 2.24) is 15.8 Å². The fraction of sp³-hybridized carbons (Fsp3) is 0.211. The molecule has 2 aromatic rings. The van der Waals surface area contributed by atoms with Crippen LogP contribution in [-0.2, 0) is 16.1 Å². The van der Waals surface area contributed by atoms with Crippen molar-refractivity contribution in [3.8, 4) is 0 Å². The van der Waals surface area contributed by atoms with E-state index in [1.165, 1.54) is 12.1 Å². The third-order valence-corrected chi connectivity index (χ3v) is 4.21. The molecule has 0 spiro atoms. The predicted molar refractivity (Wildman–Crippen MR) is 92.0 cm³/mol. The van der Waals surface area contributed by atoms with Crippen molar-refractivity contribution in [2.24, 2.45) is 5.92 Å². The number of nitrogens with zero attached hydrogens (tertiary/aromatic N) is 1. The van der Waals surface area contributed by atoms with Crippen molar-refractivity contribution >= 4 is 17.7 Å². The summed E-state index contributed by atoms with van der Waals surface area (Å²) in [6.45, 7) is 0.747. The Balaban J connectivity index is 1.51. The highest BCUT2D eigenvalue weighted by Crippen LogP contribution is 2.20. The molecule has 7 heteroatoms. The van der Waals surface area contributed by atoms with Crippen LogP contribution < -0.4 is 10.9 Å². The van der Waals surface area contributed by atoms with Crippen molar-refractivity contribution in [3.63, 3.8) is 0 Å². The molecular formula is C19H18FN3O3. The van der Waals surface area contributed by atoms with Gasteiger partial charge in [-0.05, 0) is 29.8 Å². The van der Waals surface area contributed by atoms with E-state index < -0.39 is 23.5 Å². The van der Waals surface area contributed by atoms with Crippen LogP contribution in [0, 0.1) is 11.7 Å². The maximum absolute atomic E-state index is 12.9. The molecule has 0 aliphatic carbocycles. The number of hydrogen-bond donors (Lipinski definition) is 2. The Hall–Kier alpha value is -3.22. The van der Waals surface area contributed by atoms with Gasteiger partial charge in [0.2, 0.25) is 11.8 Å². The molecule has 0 bridgehead atoms. The van der Waals surface area contributed by atoms with Crippen LogP contribution in [0.5, 0.6) is 0 Å². The SMILES string of the molecule is O=C(NNC(=O)[C@H]1CC(=O)N(Cc2ccccc2)C1)c1ccc(F)cc1. The molecule has 0 aromatic heterocycles.